The Labute approximate surface area is 154 Å². The Morgan fingerprint density at radius 3 is 2.69 bits per heavy atom. The molecule has 2 aromatic rings. The van der Waals surface area contributed by atoms with E-state index in [0.29, 0.717) is 16.9 Å². The number of anilines is 2. The summed E-state index contributed by atoms with van der Waals surface area (Å²) < 4.78 is 0. The van der Waals surface area contributed by atoms with E-state index in [1.165, 1.54) is 4.90 Å². The molecule has 0 aromatic heterocycles. The van der Waals surface area contributed by atoms with Crippen molar-refractivity contribution >= 4 is 40.9 Å². The minimum atomic E-state index is -0.570. The normalized spacial score (nSPS) is 16.4. The molecule has 1 aliphatic rings. The van der Waals surface area contributed by atoms with E-state index in [1.807, 2.05) is 12.1 Å². The molecule has 0 radical (unpaired) electrons. The first kappa shape index (κ1) is 17.7. The maximum Gasteiger partial charge on any atom is 0.247 e. The number of benzene rings is 2. The van der Waals surface area contributed by atoms with E-state index in [9.17, 15) is 14.4 Å². The quantitative estimate of drug-likeness (QED) is 0.823. The predicted molar refractivity (Wildman–Crippen MR) is 99.6 cm³/mol. The molecule has 1 saturated heterocycles. The standard InChI is InChI=1S/C19H15N3O3S/c20-11-13-5-4-6-14(9-13)21-17(23)12-26-16-10-18(24)22(19(16)25)15-7-2-1-3-8-15/h1-9,16H,10,12H2,(H,21,23)/t16-/m1/s1. The van der Waals surface area contributed by atoms with Gasteiger partial charge in [-0.1, -0.05) is 24.3 Å². The van der Waals surface area contributed by atoms with Crippen molar-refractivity contribution in [2.24, 2.45) is 0 Å². The molecule has 0 bridgehead atoms. The molecule has 1 aliphatic heterocycles. The van der Waals surface area contributed by atoms with E-state index in [4.69, 9.17) is 5.26 Å². The lowest BCUT2D eigenvalue weighted by atomic mass is 10.2. The summed E-state index contributed by atoms with van der Waals surface area (Å²) in [6.45, 7) is 0. The lowest BCUT2D eigenvalue weighted by Crippen LogP contribution is -2.31. The van der Waals surface area contributed by atoms with Crippen LogP contribution in [0.3, 0.4) is 0 Å². The third-order valence-corrected chi connectivity index (χ3v) is 5.01. The van der Waals surface area contributed by atoms with Crippen LogP contribution in [0.2, 0.25) is 0 Å². The fourth-order valence-corrected chi connectivity index (χ4v) is 3.56. The van der Waals surface area contributed by atoms with Crippen molar-refractivity contribution in [1.82, 2.24) is 0 Å². The van der Waals surface area contributed by atoms with Crippen LogP contribution < -0.4 is 10.2 Å². The summed E-state index contributed by atoms with van der Waals surface area (Å²) in [5, 5.41) is 11.0. The Morgan fingerprint density at radius 2 is 1.96 bits per heavy atom. The molecule has 7 heteroatoms. The molecule has 1 fully saturated rings. The zero-order chi connectivity index (χ0) is 18.5. The fraction of sp³-hybridized carbons (Fsp3) is 0.158. The fourth-order valence-electron chi connectivity index (χ4n) is 2.62. The van der Waals surface area contributed by atoms with Gasteiger partial charge in [0.05, 0.1) is 28.3 Å². The number of nitrogens with one attached hydrogen (secondary N) is 1. The first-order chi connectivity index (χ1) is 12.6. The Bertz CT molecular complexity index is 892. The van der Waals surface area contributed by atoms with Gasteiger partial charge in [-0.3, -0.25) is 14.4 Å². The molecule has 130 valence electrons. The van der Waals surface area contributed by atoms with Crippen LogP contribution in [-0.4, -0.2) is 28.7 Å². The number of rotatable bonds is 5. The van der Waals surface area contributed by atoms with Crippen molar-refractivity contribution in [1.29, 1.82) is 5.26 Å². The second-order valence-electron chi connectivity index (χ2n) is 5.65. The topological polar surface area (TPSA) is 90.3 Å². The molecule has 2 aromatic carbocycles. The number of nitriles is 1. The van der Waals surface area contributed by atoms with Gasteiger partial charge in [-0.15, -0.1) is 11.8 Å². The molecule has 1 atom stereocenters. The number of carbonyl (C=O) groups excluding carboxylic acids is 3. The average molecular weight is 365 g/mol. The minimum Gasteiger partial charge on any atom is -0.325 e. The van der Waals surface area contributed by atoms with Crippen LogP contribution in [0.1, 0.15) is 12.0 Å². The second-order valence-corrected chi connectivity index (χ2v) is 6.84. The van der Waals surface area contributed by atoms with Crippen LogP contribution in [0.5, 0.6) is 0 Å². The molecule has 26 heavy (non-hydrogen) atoms. The summed E-state index contributed by atoms with van der Waals surface area (Å²) in [6.07, 6.45) is 0.0790. The number of imide groups is 1. The number of nitrogens with zero attached hydrogens (tertiary/aromatic N) is 2. The average Bonchev–Trinajstić information content (AvgIpc) is 2.94. The highest BCUT2D eigenvalue weighted by Crippen LogP contribution is 2.29. The molecule has 6 nitrogen and oxygen atoms in total. The zero-order valence-electron chi connectivity index (χ0n) is 13.7. The van der Waals surface area contributed by atoms with E-state index in [2.05, 4.69) is 5.32 Å². The van der Waals surface area contributed by atoms with Crippen LogP contribution in [-0.2, 0) is 14.4 Å². The Hall–Kier alpha value is -3.11. The van der Waals surface area contributed by atoms with Crippen molar-refractivity contribution in [3.63, 3.8) is 0 Å². The Balaban J connectivity index is 1.58. The molecular weight excluding hydrogens is 350 g/mol. The third-order valence-electron chi connectivity index (χ3n) is 3.81. The lowest BCUT2D eigenvalue weighted by Gasteiger charge is -2.14. The first-order valence-corrected chi connectivity index (χ1v) is 8.97. The smallest absolute Gasteiger partial charge is 0.247 e. The summed E-state index contributed by atoms with van der Waals surface area (Å²) in [5.74, 6) is -0.807. The SMILES string of the molecule is N#Cc1cccc(NC(=O)CS[C@@H]2CC(=O)N(c3ccccc3)C2=O)c1. The van der Waals surface area contributed by atoms with E-state index in [-0.39, 0.29) is 29.9 Å². The van der Waals surface area contributed by atoms with Crippen molar-refractivity contribution < 1.29 is 14.4 Å². The molecule has 0 unspecified atom stereocenters. The largest absolute Gasteiger partial charge is 0.325 e. The number of hydrogen-bond donors (Lipinski definition) is 1. The van der Waals surface area contributed by atoms with Gasteiger partial charge in [-0.25, -0.2) is 4.90 Å². The summed E-state index contributed by atoms with van der Waals surface area (Å²) in [7, 11) is 0. The first-order valence-electron chi connectivity index (χ1n) is 7.92. The van der Waals surface area contributed by atoms with Gasteiger partial charge in [-0.05, 0) is 30.3 Å². The van der Waals surface area contributed by atoms with Crippen molar-refractivity contribution in [2.75, 3.05) is 16.0 Å². The van der Waals surface area contributed by atoms with Crippen molar-refractivity contribution in [3.05, 3.63) is 60.2 Å². The van der Waals surface area contributed by atoms with Crippen LogP contribution in [0.25, 0.3) is 0 Å². The van der Waals surface area contributed by atoms with Gasteiger partial charge in [0.2, 0.25) is 17.7 Å². The van der Waals surface area contributed by atoms with Crippen LogP contribution in [0.4, 0.5) is 11.4 Å². The van der Waals surface area contributed by atoms with E-state index < -0.39 is 5.25 Å². The molecule has 3 amide bonds. The number of carbonyl (C=O) groups is 3. The number of amides is 3. The summed E-state index contributed by atoms with van der Waals surface area (Å²) in [6, 6.07) is 17.3. The Kier molecular flexibility index (Phi) is 5.34. The highest BCUT2D eigenvalue weighted by Gasteiger charge is 2.39. The van der Waals surface area contributed by atoms with Gasteiger partial charge in [0.15, 0.2) is 0 Å². The van der Waals surface area contributed by atoms with Crippen LogP contribution >= 0.6 is 11.8 Å². The monoisotopic (exact) mass is 365 g/mol. The summed E-state index contributed by atoms with van der Waals surface area (Å²) in [5.41, 5.74) is 1.52. The molecule has 3 rings (SSSR count). The summed E-state index contributed by atoms with van der Waals surface area (Å²) >= 11 is 1.14. The molecule has 0 saturated carbocycles. The lowest BCUT2D eigenvalue weighted by molar-refractivity contribution is -0.121. The second kappa shape index (κ2) is 7.85. The van der Waals surface area contributed by atoms with Gasteiger partial charge in [0.1, 0.15) is 0 Å². The highest BCUT2D eigenvalue weighted by molar-refractivity contribution is 8.01. The van der Waals surface area contributed by atoms with Gasteiger partial charge in [0.25, 0.3) is 0 Å². The van der Waals surface area contributed by atoms with Crippen LogP contribution in [0, 0.1) is 11.3 Å². The summed E-state index contributed by atoms with van der Waals surface area (Å²) in [4.78, 5) is 37.9. The third kappa shape index (κ3) is 3.92. The van der Waals surface area contributed by atoms with Gasteiger partial charge in [-0.2, -0.15) is 5.26 Å². The number of hydrogen-bond acceptors (Lipinski definition) is 5. The molecular formula is C19H15N3O3S. The molecule has 1 N–H and O–H groups in total. The van der Waals surface area contributed by atoms with Gasteiger partial charge < -0.3 is 5.32 Å². The van der Waals surface area contributed by atoms with Gasteiger partial charge in [0, 0.05) is 12.1 Å². The van der Waals surface area contributed by atoms with Gasteiger partial charge >= 0.3 is 0 Å². The zero-order valence-corrected chi connectivity index (χ0v) is 14.5. The maximum absolute atomic E-state index is 12.5. The number of para-hydroxylation sites is 1. The minimum absolute atomic E-state index is 0.0447. The molecule has 0 spiro atoms. The molecule has 1 heterocycles. The maximum atomic E-state index is 12.5. The van der Waals surface area contributed by atoms with E-state index in [0.717, 1.165) is 11.8 Å². The van der Waals surface area contributed by atoms with Crippen molar-refractivity contribution in [3.8, 4) is 6.07 Å². The van der Waals surface area contributed by atoms with E-state index >= 15 is 0 Å². The predicted octanol–water partition coefficient (Wildman–Crippen LogP) is 2.56. The highest BCUT2D eigenvalue weighted by atomic mass is 32.2. The van der Waals surface area contributed by atoms with E-state index in [1.54, 1.807) is 48.5 Å². The number of thioether (sulfide) groups is 1. The van der Waals surface area contributed by atoms with Crippen LogP contribution in [0.15, 0.2) is 54.6 Å². The molecule has 0 aliphatic carbocycles. The van der Waals surface area contributed by atoms with Crippen molar-refractivity contribution in [2.45, 2.75) is 11.7 Å². The Morgan fingerprint density at radius 1 is 1.19 bits per heavy atom.